The second-order valence-corrected chi connectivity index (χ2v) is 6.24. The zero-order valence-corrected chi connectivity index (χ0v) is 14.3. The average molecular weight is 310 g/mol. The molecule has 1 heterocycles. The van der Waals surface area contributed by atoms with Crippen LogP contribution in [0.5, 0.6) is 0 Å². The molecule has 0 aliphatic carbocycles. The third-order valence-corrected chi connectivity index (χ3v) is 4.85. The molecule has 0 spiro atoms. The molecule has 0 saturated carbocycles. The highest BCUT2D eigenvalue weighted by atomic mass is 35.5. The molecule has 1 atom stereocenters. The molecular formula is C17H28ClN3. The van der Waals surface area contributed by atoms with E-state index in [9.17, 15) is 0 Å². The summed E-state index contributed by atoms with van der Waals surface area (Å²) in [5.74, 6) is 0. The summed E-state index contributed by atoms with van der Waals surface area (Å²) in [5, 5.41) is 4.20. The van der Waals surface area contributed by atoms with Gasteiger partial charge in [0, 0.05) is 49.5 Å². The van der Waals surface area contributed by atoms with Gasteiger partial charge in [-0.3, -0.25) is 4.90 Å². The van der Waals surface area contributed by atoms with E-state index in [1.807, 2.05) is 0 Å². The van der Waals surface area contributed by atoms with Crippen molar-refractivity contribution >= 4 is 17.3 Å². The third kappa shape index (κ3) is 4.35. The minimum atomic E-state index is 0.693. The average Bonchev–Trinajstić information content (AvgIpc) is 2.53. The van der Waals surface area contributed by atoms with Gasteiger partial charge in [-0.15, -0.1) is 0 Å². The first-order valence-electron chi connectivity index (χ1n) is 8.13. The summed E-state index contributed by atoms with van der Waals surface area (Å²) in [4.78, 5) is 5.03. The number of hydrogen-bond acceptors (Lipinski definition) is 3. The zero-order valence-electron chi connectivity index (χ0n) is 13.5. The summed E-state index contributed by atoms with van der Waals surface area (Å²) in [7, 11) is 0. The number of hydrogen-bond donors (Lipinski definition) is 1. The van der Waals surface area contributed by atoms with Crippen LogP contribution in [0.1, 0.15) is 32.8 Å². The summed E-state index contributed by atoms with van der Waals surface area (Å²) in [5.41, 5.74) is 2.43. The van der Waals surface area contributed by atoms with E-state index in [2.05, 4.69) is 54.1 Å². The van der Waals surface area contributed by atoms with Crippen LogP contribution in [-0.4, -0.2) is 43.7 Å². The van der Waals surface area contributed by atoms with Gasteiger partial charge < -0.3 is 10.2 Å². The molecule has 3 nitrogen and oxygen atoms in total. The number of piperazine rings is 1. The topological polar surface area (TPSA) is 18.5 Å². The normalized spacial score (nSPS) is 18.0. The molecule has 1 saturated heterocycles. The molecule has 1 fully saturated rings. The summed E-state index contributed by atoms with van der Waals surface area (Å²) in [6.45, 7) is 13.0. The Labute approximate surface area is 134 Å². The number of anilines is 1. The van der Waals surface area contributed by atoms with Crippen LogP contribution < -0.4 is 10.2 Å². The number of benzene rings is 1. The van der Waals surface area contributed by atoms with Crippen molar-refractivity contribution in [1.82, 2.24) is 10.2 Å². The molecule has 21 heavy (non-hydrogen) atoms. The molecule has 1 N–H and O–H groups in total. The van der Waals surface area contributed by atoms with Gasteiger partial charge in [-0.25, -0.2) is 0 Å². The van der Waals surface area contributed by atoms with Gasteiger partial charge in [0.15, 0.2) is 0 Å². The fourth-order valence-corrected chi connectivity index (χ4v) is 3.06. The lowest BCUT2D eigenvalue weighted by molar-refractivity contribution is 0.193. The predicted molar refractivity (Wildman–Crippen MR) is 92.4 cm³/mol. The van der Waals surface area contributed by atoms with Crippen LogP contribution in [-0.2, 0) is 6.54 Å². The number of nitrogens with one attached hydrogen (secondary N) is 1. The SMILES string of the molecule is CCNCc1ccc(N2CCN(C(C)CC)CC2)cc1Cl. The van der Waals surface area contributed by atoms with E-state index in [1.54, 1.807) is 0 Å². The Kier molecular flexibility index (Phi) is 6.34. The van der Waals surface area contributed by atoms with Gasteiger partial charge in [0.1, 0.15) is 0 Å². The van der Waals surface area contributed by atoms with E-state index in [-0.39, 0.29) is 0 Å². The first kappa shape index (κ1) is 16.6. The van der Waals surface area contributed by atoms with E-state index in [4.69, 9.17) is 11.6 Å². The Morgan fingerprint density at radius 3 is 2.48 bits per heavy atom. The molecule has 1 aromatic rings. The molecule has 1 aromatic carbocycles. The van der Waals surface area contributed by atoms with Crippen LogP contribution in [0.3, 0.4) is 0 Å². The maximum absolute atomic E-state index is 6.41. The van der Waals surface area contributed by atoms with Crippen molar-refractivity contribution in [2.75, 3.05) is 37.6 Å². The smallest absolute Gasteiger partial charge is 0.0471 e. The van der Waals surface area contributed by atoms with Crippen LogP contribution in [0.15, 0.2) is 18.2 Å². The van der Waals surface area contributed by atoms with Crippen molar-refractivity contribution in [1.29, 1.82) is 0 Å². The maximum atomic E-state index is 6.41. The third-order valence-electron chi connectivity index (χ3n) is 4.50. The van der Waals surface area contributed by atoms with Gasteiger partial charge in [-0.2, -0.15) is 0 Å². The summed E-state index contributed by atoms with van der Waals surface area (Å²) >= 11 is 6.41. The Hall–Kier alpha value is -0.770. The van der Waals surface area contributed by atoms with E-state index in [0.29, 0.717) is 6.04 Å². The molecule has 0 amide bonds. The lowest BCUT2D eigenvalue weighted by atomic mass is 10.1. The zero-order chi connectivity index (χ0) is 15.2. The Morgan fingerprint density at radius 2 is 1.90 bits per heavy atom. The first-order valence-corrected chi connectivity index (χ1v) is 8.51. The van der Waals surface area contributed by atoms with Crippen LogP contribution in [0.25, 0.3) is 0 Å². The molecule has 1 aliphatic rings. The molecule has 0 radical (unpaired) electrons. The number of halogens is 1. The lowest BCUT2D eigenvalue weighted by Crippen LogP contribution is -2.49. The van der Waals surface area contributed by atoms with Crippen molar-refractivity contribution in [3.05, 3.63) is 28.8 Å². The summed E-state index contributed by atoms with van der Waals surface area (Å²) in [6, 6.07) is 7.17. The standard InChI is InChI=1S/C17H28ClN3/c1-4-14(3)20-8-10-21(11-9-20)16-7-6-15(13-19-5-2)17(18)12-16/h6-7,12,14,19H,4-5,8-11,13H2,1-3H3. The van der Waals surface area contributed by atoms with Crippen LogP contribution in [0, 0.1) is 0 Å². The van der Waals surface area contributed by atoms with E-state index in [0.717, 1.165) is 44.3 Å². The van der Waals surface area contributed by atoms with E-state index in [1.165, 1.54) is 17.7 Å². The Balaban J connectivity index is 1.96. The summed E-state index contributed by atoms with van der Waals surface area (Å²) < 4.78 is 0. The predicted octanol–water partition coefficient (Wildman–Crippen LogP) is 3.37. The Morgan fingerprint density at radius 1 is 1.19 bits per heavy atom. The lowest BCUT2D eigenvalue weighted by Gasteiger charge is -2.39. The molecule has 0 aromatic heterocycles. The van der Waals surface area contributed by atoms with Crippen LogP contribution >= 0.6 is 11.6 Å². The highest BCUT2D eigenvalue weighted by molar-refractivity contribution is 6.31. The van der Waals surface area contributed by atoms with Gasteiger partial charge in [0.25, 0.3) is 0 Å². The van der Waals surface area contributed by atoms with Crippen LogP contribution in [0.4, 0.5) is 5.69 Å². The van der Waals surface area contributed by atoms with Gasteiger partial charge in [0.2, 0.25) is 0 Å². The van der Waals surface area contributed by atoms with E-state index >= 15 is 0 Å². The molecule has 1 aliphatic heterocycles. The highest BCUT2D eigenvalue weighted by Crippen LogP contribution is 2.25. The van der Waals surface area contributed by atoms with E-state index < -0.39 is 0 Å². The van der Waals surface area contributed by atoms with Gasteiger partial charge >= 0.3 is 0 Å². The van der Waals surface area contributed by atoms with Crippen molar-refractivity contribution in [3.8, 4) is 0 Å². The van der Waals surface area contributed by atoms with Crippen molar-refractivity contribution in [3.63, 3.8) is 0 Å². The monoisotopic (exact) mass is 309 g/mol. The van der Waals surface area contributed by atoms with Crippen LogP contribution in [0.2, 0.25) is 5.02 Å². The van der Waals surface area contributed by atoms with Crippen molar-refractivity contribution in [2.45, 2.75) is 39.8 Å². The molecule has 1 unspecified atom stereocenters. The Bertz CT molecular complexity index is 442. The van der Waals surface area contributed by atoms with Gasteiger partial charge in [-0.05, 0) is 37.6 Å². The fourth-order valence-electron chi connectivity index (χ4n) is 2.82. The minimum Gasteiger partial charge on any atom is -0.369 e. The minimum absolute atomic E-state index is 0.693. The molecule has 4 heteroatoms. The quantitative estimate of drug-likeness (QED) is 0.869. The first-order chi connectivity index (χ1) is 10.2. The number of rotatable bonds is 6. The largest absolute Gasteiger partial charge is 0.369 e. The fraction of sp³-hybridized carbons (Fsp3) is 0.647. The van der Waals surface area contributed by atoms with Crippen molar-refractivity contribution in [2.24, 2.45) is 0 Å². The maximum Gasteiger partial charge on any atom is 0.0471 e. The summed E-state index contributed by atoms with van der Waals surface area (Å²) in [6.07, 6.45) is 1.23. The number of nitrogens with zero attached hydrogens (tertiary/aromatic N) is 2. The van der Waals surface area contributed by atoms with Crippen molar-refractivity contribution < 1.29 is 0 Å². The molecule has 2 rings (SSSR count). The second kappa shape index (κ2) is 8.02. The van der Waals surface area contributed by atoms with Gasteiger partial charge in [0.05, 0.1) is 0 Å². The van der Waals surface area contributed by atoms with Gasteiger partial charge in [-0.1, -0.05) is 31.5 Å². The molecule has 118 valence electrons. The molecular weight excluding hydrogens is 282 g/mol. The second-order valence-electron chi connectivity index (χ2n) is 5.84. The highest BCUT2D eigenvalue weighted by Gasteiger charge is 2.20. The molecule has 0 bridgehead atoms.